The first-order valence-corrected chi connectivity index (χ1v) is 11.2. The Balaban J connectivity index is 1.27. The Hall–Kier alpha value is -1.79. The molecule has 2 saturated carbocycles. The summed E-state index contributed by atoms with van der Waals surface area (Å²) >= 11 is 0. The van der Waals surface area contributed by atoms with Crippen molar-refractivity contribution >= 4 is 5.97 Å². The Kier molecular flexibility index (Phi) is 4.78. The van der Waals surface area contributed by atoms with Gasteiger partial charge in [0.05, 0.1) is 26.2 Å². The standard InChI is InChI=1S/C24H33NO5/c1-14-6-5-9-23(2)11-19-20(21-24(14,23)30-21)16(22(26)29-19)13-25-12-15-7-8-17(27-3)18(10-15)28-4/h7-8,10,14,16,19-21,25H,5-6,9,11-13H2,1-4H3/t14-,16+,19-,20+,21+,23+,24-/m1/s1. The third-order valence-corrected chi connectivity index (χ3v) is 8.34. The molecule has 164 valence electrons. The molecule has 0 amide bonds. The van der Waals surface area contributed by atoms with Gasteiger partial charge in [-0.2, -0.15) is 0 Å². The SMILES string of the molecule is COc1ccc(CNC[C@@H]2C(=O)O[C@@H]3C[C@]4(C)CCC[C@@H](C)[C@]45O[C@H]5[C@@H]23)cc1OC. The summed E-state index contributed by atoms with van der Waals surface area (Å²) in [7, 11) is 3.27. The summed E-state index contributed by atoms with van der Waals surface area (Å²) in [6.07, 6.45) is 4.75. The van der Waals surface area contributed by atoms with Crippen LogP contribution in [0.25, 0.3) is 0 Å². The number of benzene rings is 1. The van der Waals surface area contributed by atoms with Crippen molar-refractivity contribution in [1.29, 1.82) is 0 Å². The number of methoxy groups -OCH3 is 2. The highest BCUT2D eigenvalue weighted by atomic mass is 16.6. The van der Waals surface area contributed by atoms with Gasteiger partial charge < -0.3 is 24.3 Å². The topological polar surface area (TPSA) is 69.3 Å². The second-order valence-electron chi connectivity index (χ2n) is 9.87. The fourth-order valence-corrected chi connectivity index (χ4v) is 6.83. The van der Waals surface area contributed by atoms with Gasteiger partial charge in [0.1, 0.15) is 11.7 Å². The van der Waals surface area contributed by atoms with Gasteiger partial charge in [-0.3, -0.25) is 4.79 Å². The van der Waals surface area contributed by atoms with Crippen LogP contribution in [0.2, 0.25) is 0 Å². The van der Waals surface area contributed by atoms with E-state index in [9.17, 15) is 4.79 Å². The maximum absolute atomic E-state index is 12.8. The molecule has 6 heteroatoms. The van der Waals surface area contributed by atoms with Gasteiger partial charge in [-0.05, 0) is 42.9 Å². The minimum absolute atomic E-state index is 0.00121. The predicted octanol–water partition coefficient (Wildman–Crippen LogP) is 3.32. The first-order valence-electron chi connectivity index (χ1n) is 11.2. The average Bonchev–Trinajstić information content (AvgIpc) is 3.42. The molecule has 1 N–H and O–H groups in total. The fourth-order valence-electron chi connectivity index (χ4n) is 6.83. The van der Waals surface area contributed by atoms with E-state index in [0.29, 0.717) is 30.5 Å². The lowest BCUT2D eigenvalue weighted by Crippen LogP contribution is -2.54. The lowest BCUT2D eigenvalue weighted by atomic mass is 9.53. The molecule has 0 aromatic heterocycles. The fraction of sp³-hybridized carbons (Fsp3) is 0.708. The third kappa shape index (κ3) is 2.79. The van der Waals surface area contributed by atoms with Crippen molar-refractivity contribution in [1.82, 2.24) is 5.32 Å². The summed E-state index contributed by atoms with van der Waals surface area (Å²) in [6.45, 7) is 5.96. The molecule has 0 unspecified atom stereocenters. The van der Waals surface area contributed by atoms with Gasteiger partial charge in [-0.1, -0.05) is 26.3 Å². The molecular weight excluding hydrogens is 382 g/mol. The first kappa shape index (κ1) is 20.1. The number of nitrogens with one attached hydrogen (secondary N) is 1. The maximum atomic E-state index is 12.8. The zero-order valence-electron chi connectivity index (χ0n) is 18.4. The van der Waals surface area contributed by atoms with E-state index in [1.54, 1.807) is 14.2 Å². The van der Waals surface area contributed by atoms with E-state index in [4.69, 9.17) is 18.9 Å². The molecule has 30 heavy (non-hydrogen) atoms. The molecule has 4 fully saturated rings. The molecule has 2 aliphatic heterocycles. The molecule has 0 radical (unpaired) electrons. The van der Waals surface area contributed by atoms with E-state index >= 15 is 0 Å². The summed E-state index contributed by atoms with van der Waals surface area (Å²) in [4.78, 5) is 12.8. The maximum Gasteiger partial charge on any atom is 0.311 e. The molecule has 7 atom stereocenters. The van der Waals surface area contributed by atoms with E-state index in [-0.39, 0.29) is 41.0 Å². The highest BCUT2D eigenvalue weighted by Crippen LogP contribution is 2.70. The summed E-state index contributed by atoms with van der Waals surface area (Å²) in [5, 5.41) is 3.47. The molecule has 1 aromatic carbocycles. The Bertz CT molecular complexity index is 843. The average molecular weight is 416 g/mol. The Morgan fingerprint density at radius 1 is 1.23 bits per heavy atom. The van der Waals surface area contributed by atoms with Gasteiger partial charge in [0.25, 0.3) is 0 Å². The van der Waals surface area contributed by atoms with Crippen molar-refractivity contribution in [2.75, 3.05) is 20.8 Å². The van der Waals surface area contributed by atoms with Crippen LogP contribution < -0.4 is 14.8 Å². The molecule has 5 rings (SSSR count). The number of epoxide rings is 1. The van der Waals surface area contributed by atoms with Crippen molar-refractivity contribution in [3.8, 4) is 11.5 Å². The molecule has 0 bridgehead atoms. The summed E-state index contributed by atoms with van der Waals surface area (Å²) in [5.74, 6) is 1.95. The lowest BCUT2D eigenvalue weighted by molar-refractivity contribution is -0.146. The van der Waals surface area contributed by atoms with Crippen LogP contribution in [-0.2, 0) is 20.8 Å². The van der Waals surface area contributed by atoms with Crippen LogP contribution >= 0.6 is 0 Å². The molecule has 2 heterocycles. The zero-order valence-corrected chi connectivity index (χ0v) is 18.4. The van der Waals surface area contributed by atoms with E-state index < -0.39 is 0 Å². The van der Waals surface area contributed by atoms with E-state index in [1.807, 2.05) is 18.2 Å². The van der Waals surface area contributed by atoms with E-state index in [0.717, 1.165) is 12.0 Å². The van der Waals surface area contributed by atoms with Gasteiger partial charge in [-0.15, -0.1) is 0 Å². The number of rotatable bonds is 6. The lowest BCUT2D eigenvalue weighted by Gasteiger charge is -2.48. The number of hydrogen-bond donors (Lipinski definition) is 1. The zero-order chi connectivity index (χ0) is 21.1. The summed E-state index contributed by atoms with van der Waals surface area (Å²) < 4.78 is 23.1. The Morgan fingerprint density at radius 3 is 2.80 bits per heavy atom. The molecular formula is C24H33NO5. The molecule has 2 aliphatic carbocycles. The van der Waals surface area contributed by atoms with Gasteiger partial charge in [-0.25, -0.2) is 0 Å². The largest absolute Gasteiger partial charge is 0.493 e. The number of carbonyl (C=O) groups excluding carboxylic acids is 1. The van der Waals surface area contributed by atoms with Crippen LogP contribution in [0.5, 0.6) is 11.5 Å². The third-order valence-electron chi connectivity index (χ3n) is 8.34. The smallest absolute Gasteiger partial charge is 0.311 e. The van der Waals surface area contributed by atoms with Crippen molar-refractivity contribution < 1.29 is 23.7 Å². The van der Waals surface area contributed by atoms with Crippen LogP contribution in [0.1, 0.15) is 45.1 Å². The van der Waals surface area contributed by atoms with E-state index in [2.05, 4.69) is 19.2 Å². The quantitative estimate of drug-likeness (QED) is 0.568. The second kappa shape index (κ2) is 7.13. The normalized spacial score (nSPS) is 41.3. The highest BCUT2D eigenvalue weighted by molar-refractivity contribution is 5.76. The van der Waals surface area contributed by atoms with Gasteiger partial charge in [0, 0.05) is 24.4 Å². The highest BCUT2D eigenvalue weighted by Gasteiger charge is 2.78. The van der Waals surface area contributed by atoms with E-state index in [1.165, 1.54) is 19.3 Å². The molecule has 2 saturated heterocycles. The summed E-state index contributed by atoms with van der Waals surface area (Å²) in [5.41, 5.74) is 1.19. The van der Waals surface area contributed by atoms with Crippen molar-refractivity contribution in [3.63, 3.8) is 0 Å². The van der Waals surface area contributed by atoms with Crippen LogP contribution in [0.3, 0.4) is 0 Å². The van der Waals surface area contributed by atoms with Gasteiger partial charge in [0.15, 0.2) is 11.5 Å². The number of fused-ring (bicyclic) bond motifs is 2. The minimum atomic E-state index is -0.141. The first-order chi connectivity index (χ1) is 14.4. The number of carbonyl (C=O) groups is 1. The Morgan fingerprint density at radius 2 is 2.03 bits per heavy atom. The van der Waals surface area contributed by atoms with Crippen LogP contribution in [0.4, 0.5) is 0 Å². The molecule has 4 aliphatic rings. The number of esters is 1. The second-order valence-corrected chi connectivity index (χ2v) is 9.87. The Labute approximate surface area is 178 Å². The van der Waals surface area contributed by atoms with Crippen LogP contribution in [0.15, 0.2) is 18.2 Å². The van der Waals surface area contributed by atoms with Crippen molar-refractivity contribution in [2.45, 2.75) is 63.9 Å². The molecule has 1 aromatic rings. The summed E-state index contributed by atoms with van der Waals surface area (Å²) in [6, 6.07) is 5.89. The number of hydrogen-bond acceptors (Lipinski definition) is 6. The van der Waals surface area contributed by atoms with Gasteiger partial charge in [0.2, 0.25) is 0 Å². The van der Waals surface area contributed by atoms with Crippen molar-refractivity contribution in [2.24, 2.45) is 23.2 Å². The minimum Gasteiger partial charge on any atom is -0.493 e. The molecule has 1 spiro atoms. The van der Waals surface area contributed by atoms with Gasteiger partial charge >= 0.3 is 5.97 Å². The number of ether oxygens (including phenoxy) is 4. The predicted molar refractivity (Wildman–Crippen MR) is 111 cm³/mol. The van der Waals surface area contributed by atoms with Crippen LogP contribution in [-0.4, -0.2) is 44.5 Å². The molecule has 6 nitrogen and oxygen atoms in total. The van der Waals surface area contributed by atoms with Crippen molar-refractivity contribution in [3.05, 3.63) is 23.8 Å². The monoisotopic (exact) mass is 415 g/mol. The van der Waals surface area contributed by atoms with Crippen LogP contribution in [0, 0.1) is 23.2 Å².